The van der Waals surface area contributed by atoms with Crippen LogP contribution in [0.25, 0.3) is 0 Å². The smallest absolute Gasteiger partial charge is 0.283 e. The molecule has 1 heterocycles. The van der Waals surface area contributed by atoms with Crippen molar-refractivity contribution >= 4 is 21.6 Å². The Balaban J connectivity index is 2.31. The lowest BCUT2D eigenvalue weighted by molar-refractivity contribution is 0.348. The van der Waals surface area contributed by atoms with Crippen molar-refractivity contribution in [2.24, 2.45) is 10.8 Å². The summed E-state index contributed by atoms with van der Waals surface area (Å²) in [5.74, 6) is 2.23. The van der Waals surface area contributed by atoms with Crippen LogP contribution in [-0.4, -0.2) is 36.6 Å². The zero-order chi connectivity index (χ0) is 18.4. The second kappa shape index (κ2) is 9.13. The van der Waals surface area contributed by atoms with E-state index in [9.17, 15) is 13.2 Å². The van der Waals surface area contributed by atoms with E-state index in [-0.39, 0.29) is 16.4 Å². The van der Waals surface area contributed by atoms with Gasteiger partial charge < -0.3 is 4.52 Å². The van der Waals surface area contributed by atoms with Gasteiger partial charge in [0.05, 0.1) is 5.56 Å². The first-order valence-electron chi connectivity index (χ1n) is 8.33. The topological polar surface area (TPSA) is 80.1 Å². The van der Waals surface area contributed by atoms with Crippen molar-refractivity contribution in [3.8, 4) is 0 Å². The molecule has 7 heteroatoms. The van der Waals surface area contributed by atoms with Crippen LogP contribution in [0, 0.1) is 10.8 Å². The molecule has 1 aromatic rings. The Morgan fingerprint density at radius 1 is 0.958 bits per heavy atom. The fraction of sp³-hybridized carbons (Fsp3) is 0.824. The molecule has 0 spiro atoms. The van der Waals surface area contributed by atoms with Crippen LogP contribution in [0.5, 0.6) is 0 Å². The number of rotatable bonds is 10. The van der Waals surface area contributed by atoms with Gasteiger partial charge in [0.15, 0.2) is 0 Å². The van der Waals surface area contributed by atoms with Gasteiger partial charge in [-0.2, -0.15) is 5.16 Å². The van der Waals surface area contributed by atoms with Crippen molar-refractivity contribution in [3.05, 3.63) is 22.2 Å². The molecule has 0 fully saturated rings. The molecule has 0 saturated carbocycles. The van der Waals surface area contributed by atoms with E-state index in [0.717, 1.165) is 12.8 Å². The Morgan fingerprint density at radius 3 is 1.96 bits per heavy atom. The molecule has 0 bridgehead atoms. The monoisotopic (exact) mass is 377 g/mol. The van der Waals surface area contributed by atoms with Gasteiger partial charge in [-0.3, -0.25) is 13.2 Å². The van der Waals surface area contributed by atoms with Crippen molar-refractivity contribution in [1.82, 2.24) is 5.16 Å². The van der Waals surface area contributed by atoms with Crippen LogP contribution in [0.1, 0.15) is 53.0 Å². The molecule has 0 aliphatic heterocycles. The highest BCUT2D eigenvalue weighted by molar-refractivity contribution is 7.88. The van der Waals surface area contributed by atoms with E-state index in [2.05, 4.69) is 39.8 Å². The lowest BCUT2D eigenvalue weighted by Gasteiger charge is -2.23. The minimum absolute atomic E-state index is 0.127. The predicted octanol–water partition coefficient (Wildman–Crippen LogP) is 2.86. The van der Waals surface area contributed by atoms with Gasteiger partial charge in [-0.15, -0.1) is 0 Å². The average molecular weight is 378 g/mol. The molecule has 2 unspecified atom stereocenters. The summed E-state index contributed by atoms with van der Waals surface area (Å²) < 4.78 is 28.9. The molecule has 0 aromatic carbocycles. The number of hydrogen-bond donors (Lipinski definition) is 1. The van der Waals surface area contributed by atoms with Gasteiger partial charge in [0.2, 0.25) is 0 Å². The van der Waals surface area contributed by atoms with Crippen LogP contribution in [0.15, 0.2) is 15.6 Å². The van der Waals surface area contributed by atoms with Crippen LogP contribution in [0.2, 0.25) is 0 Å². The fourth-order valence-electron chi connectivity index (χ4n) is 2.20. The van der Waals surface area contributed by atoms with Gasteiger partial charge in [-0.25, -0.2) is 0 Å². The molecule has 0 aliphatic carbocycles. The van der Waals surface area contributed by atoms with Crippen LogP contribution in [0.3, 0.4) is 0 Å². The van der Waals surface area contributed by atoms with Crippen molar-refractivity contribution in [3.63, 3.8) is 0 Å². The molecular weight excluding hydrogens is 346 g/mol. The maximum Gasteiger partial charge on any atom is 0.283 e. The standard InChI is InChI=1S/C17H31NO4S2/c1-16(2,3)6-8-23(20)10-11-24(21)9-7-17(4,5)12-14-13-22-18-15(14)19/h13H,6-12H2,1-5H3,(H,18,19). The summed E-state index contributed by atoms with van der Waals surface area (Å²) in [6.07, 6.45) is 3.70. The van der Waals surface area contributed by atoms with Crippen LogP contribution in [0.4, 0.5) is 0 Å². The van der Waals surface area contributed by atoms with E-state index in [1.54, 1.807) is 0 Å². The van der Waals surface area contributed by atoms with Gasteiger partial charge in [0.25, 0.3) is 5.56 Å². The molecule has 1 N–H and O–H groups in total. The van der Waals surface area contributed by atoms with Gasteiger partial charge >= 0.3 is 0 Å². The normalized spacial score (nSPS) is 15.4. The first-order chi connectivity index (χ1) is 11.0. The molecule has 0 aliphatic rings. The Bertz CT molecular complexity index is 611. The second-order valence-corrected chi connectivity index (χ2v) is 11.7. The van der Waals surface area contributed by atoms with Crippen molar-refractivity contribution in [2.45, 2.75) is 53.9 Å². The van der Waals surface area contributed by atoms with Crippen molar-refractivity contribution in [1.29, 1.82) is 0 Å². The number of aromatic nitrogens is 1. The molecule has 1 rings (SSSR count). The molecule has 0 radical (unpaired) electrons. The number of aromatic amines is 1. The third-order valence-electron chi connectivity index (χ3n) is 3.94. The minimum Gasteiger partial charge on any atom is -0.387 e. The summed E-state index contributed by atoms with van der Waals surface area (Å²) in [4.78, 5) is 11.5. The highest BCUT2D eigenvalue weighted by atomic mass is 32.2. The van der Waals surface area contributed by atoms with E-state index in [4.69, 9.17) is 4.52 Å². The zero-order valence-corrected chi connectivity index (χ0v) is 17.1. The fourth-order valence-corrected chi connectivity index (χ4v) is 5.71. The molecule has 0 saturated heterocycles. The van der Waals surface area contributed by atoms with Crippen LogP contribution >= 0.6 is 0 Å². The van der Waals surface area contributed by atoms with Crippen molar-refractivity contribution < 1.29 is 12.9 Å². The Hall–Kier alpha value is -0.690. The Labute approximate surface area is 149 Å². The summed E-state index contributed by atoms with van der Waals surface area (Å²) in [6, 6.07) is 0. The van der Waals surface area contributed by atoms with Crippen LogP contribution < -0.4 is 5.56 Å². The predicted molar refractivity (Wildman–Crippen MR) is 101 cm³/mol. The third kappa shape index (κ3) is 8.97. The van der Waals surface area contributed by atoms with Gasteiger partial charge in [-0.1, -0.05) is 34.6 Å². The molecular formula is C17H31NO4S2. The van der Waals surface area contributed by atoms with E-state index >= 15 is 0 Å². The molecule has 5 nitrogen and oxygen atoms in total. The van der Waals surface area contributed by atoms with E-state index < -0.39 is 21.6 Å². The maximum atomic E-state index is 12.2. The highest BCUT2D eigenvalue weighted by Crippen LogP contribution is 2.25. The summed E-state index contributed by atoms with van der Waals surface area (Å²) >= 11 is 0. The lowest BCUT2D eigenvalue weighted by atomic mass is 9.84. The largest absolute Gasteiger partial charge is 0.387 e. The van der Waals surface area contributed by atoms with Gasteiger partial charge in [0, 0.05) is 44.6 Å². The SMILES string of the molecule is CC(C)(C)CCS(=O)CCS(=O)CCC(C)(C)Cc1co[nH]c1=O. The number of H-pyrrole nitrogens is 1. The molecule has 1 aromatic heterocycles. The quantitative estimate of drug-likeness (QED) is 0.680. The number of nitrogens with one attached hydrogen (secondary N) is 1. The summed E-state index contributed by atoms with van der Waals surface area (Å²) in [5.41, 5.74) is 0.481. The first kappa shape index (κ1) is 21.4. The van der Waals surface area contributed by atoms with E-state index in [0.29, 0.717) is 35.0 Å². The maximum absolute atomic E-state index is 12.2. The van der Waals surface area contributed by atoms with Crippen molar-refractivity contribution in [2.75, 3.05) is 23.0 Å². The lowest BCUT2D eigenvalue weighted by Crippen LogP contribution is -2.23. The first-order valence-corrected chi connectivity index (χ1v) is 11.3. The minimum atomic E-state index is -0.968. The second-order valence-electron chi connectivity index (χ2n) is 8.29. The molecule has 140 valence electrons. The summed E-state index contributed by atoms with van der Waals surface area (Å²) in [6.45, 7) is 10.5. The molecule has 0 amide bonds. The summed E-state index contributed by atoms with van der Waals surface area (Å²) in [5, 5.41) is 2.29. The Morgan fingerprint density at radius 2 is 1.50 bits per heavy atom. The summed E-state index contributed by atoms with van der Waals surface area (Å²) in [7, 11) is -1.86. The van der Waals surface area contributed by atoms with Crippen LogP contribution in [-0.2, 0) is 28.0 Å². The van der Waals surface area contributed by atoms with E-state index in [1.165, 1.54) is 6.26 Å². The number of hydrogen-bond acceptors (Lipinski definition) is 4. The molecule has 24 heavy (non-hydrogen) atoms. The zero-order valence-electron chi connectivity index (χ0n) is 15.5. The molecule has 2 atom stereocenters. The van der Waals surface area contributed by atoms with Gasteiger partial charge in [-0.05, 0) is 30.1 Å². The highest BCUT2D eigenvalue weighted by Gasteiger charge is 2.22. The van der Waals surface area contributed by atoms with E-state index in [1.807, 2.05) is 0 Å². The van der Waals surface area contributed by atoms with Gasteiger partial charge in [0.1, 0.15) is 6.26 Å². The Kier molecular flexibility index (Phi) is 8.12. The third-order valence-corrected chi connectivity index (χ3v) is 6.83. The average Bonchev–Trinajstić information content (AvgIpc) is 2.84.